The summed E-state index contributed by atoms with van der Waals surface area (Å²) in [7, 11) is 0. The first-order chi connectivity index (χ1) is 7.81. The number of allylic oxidation sites excluding steroid dienone is 1. The lowest BCUT2D eigenvalue weighted by Crippen LogP contribution is -2.05. The van der Waals surface area contributed by atoms with Gasteiger partial charge in [0.2, 0.25) is 0 Å². The second kappa shape index (κ2) is 4.99. The van der Waals surface area contributed by atoms with Gasteiger partial charge in [-0.2, -0.15) is 5.10 Å². The fourth-order valence-corrected chi connectivity index (χ4v) is 1.84. The minimum Gasteiger partial charge on any atom is -0.263 e. The maximum atomic E-state index is 6.06. The van der Waals surface area contributed by atoms with Gasteiger partial charge in [-0.15, -0.1) is 6.58 Å². The van der Waals surface area contributed by atoms with Gasteiger partial charge in [0.1, 0.15) is 0 Å². The monoisotopic (exact) mass is 232 g/mol. The minimum atomic E-state index is 0.704. The van der Waals surface area contributed by atoms with Gasteiger partial charge < -0.3 is 0 Å². The van der Waals surface area contributed by atoms with Crippen LogP contribution in [0.2, 0.25) is 5.02 Å². The van der Waals surface area contributed by atoms with Gasteiger partial charge in [0, 0.05) is 6.42 Å². The van der Waals surface area contributed by atoms with E-state index >= 15 is 0 Å². The molecule has 1 aromatic carbocycles. The number of aromatic nitrogens is 2. The van der Waals surface area contributed by atoms with E-state index in [-0.39, 0.29) is 0 Å². The molecule has 2 rings (SSSR count). The predicted octanol–water partition coefficient (Wildman–Crippen LogP) is 3.31. The molecule has 0 unspecified atom stereocenters. The fraction of sp³-hybridized carbons (Fsp3) is 0.154. The zero-order valence-corrected chi connectivity index (χ0v) is 9.69. The molecule has 0 spiro atoms. The first kappa shape index (κ1) is 11.0. The average molecular weight is 233 g/mol. The molecule has 0 N–H and O–H groups in total. The smallest absolute Gasteiger partial charge is 0.0821 e. The Morgan fingerprint density at radius 2 is 2.06 bits per heavy atom. The van der Waals surface area contributed by atoms with E-state index in [1.54, 1.807) is 6.20 Å². The summed E-state index contributed by atoms with van der Waals surface area (Å²) >= 11 is 6.06. The van der Waals surface area contributed by atoms with Gasteiger partial charge in [-0.3, -0.25) is 4.68 Å². The van der Waals surface area contributed by atoms with Crippen molar-refractivity contribution in [3.8, 4) is 0 Å². The van der Waals surface area contributed by atoms with Gasteiger partial charge >= 0.3 is 0 Å². The van der Waals surface area contributed by atoms with Crippen LogP contribution >= 0.6 is 11.6 Å². The van der Waals surface area contributed by atoms with Crippen molar-refractivity contribution in [2.45, 2.75) is 13.0 Å². The van der Waals surface area contributed by atoms with Crippen molar-refractivity contribution in [3.63, 3.8) is 0 Å². The van der Waals surface area contributed by atoms with Crippen LogP contribution in [0.3, 0.4) is 0 Å². The lowest BCUT2D eigenvalue weighted by molar-refractivity contribution is 0.656. The summed E-state index contributed by atoms with van der Waals surface area (Å²) in [6.07, 6.45) is 4.26. The largest absolute Gasteiger partial charge is 0.263 e. The van der Waals surface area contributed by atoms with Crippen LogP contribution in [0.25, 0.3) is 0 Å². The molecule has 0 fully saturated rings. The van der Waals surface area contributed by atoms with Gasteiger partial charge in [0.15, 0.2) is 0 Å². The minimum absolute atomic E-state index is 0.704. The zero-order chi connectivity index (χ0) is 11.4. The Hall–Kier alpha value is -1.54. The summed E-state index contributed by atoms with van der Waals surface area (Å²) in [5.74, 6) is 0. The standard InChI is InChI=1S/C13H13ClN2/c1-2-6-13-12(14)9-15-16(13)10-11-7-4-3-5-8-11/h2-5,7-9H,1,6,10H2. The summed E-state index contributed by atoms with van der Waals surface area (Å²) in [6.45, 7) is 4.47. The third-order valence-electron chi connectivity index (χ3n) is 2.41. The Morgan fingerprint density at radius 3 is 2.75 bits per heavy atom. The Morgan fingerprint density at radius 1 is 1.31 bits per heavy atom. The van der Waals surface area contributed by atoms with Crippen molar-refractivity contribution in [2.75, 3.05) is 0 Å². The SMILES string of the molecule is C=CCc1c(Cl)cnn1Cc1ccccc1. The Balaban J connectivity index is 2.24. The van der Waals surface area contributed by atoms with Gasteiger partial charge in [0.05, 0.1) is 23.5 Å². The van der Waals surface area contributed by atoms with E-state index in [1.807, 2.05) is 29.0 Å². The molecule has 1 heterocycles. The Bertz CT molecular complexity index is 474. The second-order valence-corrected chi connectivity index (χ2v) is 3.98. The fourth-order valence-electron chi connectivity index (χ4n) is 1.62. The van der Waals surface area contributed by atoms with E-state index < -0.39 is 0 Å². The highest BCUT2D eigenvalue weighted by atomic mass is 35.5. The van der Waals surface area contributed by atoms with Crippen molar-refractivity contribution in [2.24, 2.45) is 0 Å². The van der Waals surface area contributed by atoms with Crippen LogP contribution in [0, 0.1) is 0 Å². The topological polar surface area (TPSA) is 17.8 Å². The molecule has 0 aliphatic carbocycles. The van der Waals surface area contributed by atoms with Gasteiger partial charge in [-0.05, 0) is 5.56 Å². The number of halogens is 1. The van der Waals surface area contributed by atoms with Crippen LogP contribution in [-0.4, -0.2) is 9.78 Å². The number of benzene rings is 1. The lowest BCUT2D eigenvalue weighted by atomic mass is 10.2. The first-order valence-electron chi connectivity index (χ1n) is 5.16. The second-order valence-electron chi connectivity index (χ2n) is 3.58. The van der Waals surface area contributed by atoms with Crippen LogP contribution in [0.5, 0.6) is 0 Å². The first-order valence-corrected chi connectivity index (χ1v) is 5.54. The molecule has 0 bridgehead atoms. The molecule has 0 amide bonds. The third-order valence-corrected chi connectivity index (χ3v) is 2.73. The molecule has 0 radical (unpaired) electrons. The Kier molecular flexibility index (Phi) is 3.42. The zero-order valence-electron chi connectivity index (χ0n) is 8.94. The highest BCUT2D eigenvalue weighted by molar-refractivity contribution is 6.31. The van der Waals surface area contributed by atoms with Crippen LogP contribution in [0.15, 0.2) is 49.2 Å². The molecule has 1 aromatic heterocycles. The maximum absolute atomic E-state index is 6.06. The molecule has 2 aromatic rings. The van der Waals surface area contributed by atoms with E-state index in [0.717, 1.165) is 18.7 Å². The lowest BCUT2D eigenvalue weighted by Gasteiger charge is -2.06. The highest BCUT2D eigenvalue weighted by Crippen LogP contribution is 2.17. The number of rotatable bonds is 4. The van der Waals surface area contributed by atoms with Crippen molar-refractivity contribution >= 4 is 11.6 Å². The average Bonchev–Trinajstić information content (AvgIpc) is 2.64. The van der Waals surface area contributed by atoms with Gasteiger partial charge in [-0.1, -0.05) is 48.0 Å². The predicted molar refractivity (Wildman–Crippen MR) is 66.7 cm³/mol. The molecule has 0 aliphatic rings. The normalized spacial score (nSPS) is 10.3. The quantitative estimate of drug-likeness (QED) is 0.740. The molecule has 82 valence electrons. The summed E-state index contributed by atoms with van der Waals surface area (Å²) in [5.41, 5.74) is 2.23. The van der Waals surface area contributed by atoms with E-state index in [0.29, 0.717) is 5.02 Å². The van der Waals surface area contributed by atoms with Crippen molar-refractivity contribution < 1.29 is 0 Å². The molecule has 0 saturated carbocycles. The van der Waals surface area contributed by atoms with Gasteiger partial charge in [0.25, 0.3) is 0 Å². The van der Waals surface area contributed by atoms with E-state index in [4.69, 9.17) is 11.6 Å². The van der Waals surface area contributed by atoms with Crippen molar-refractivity contribution in [1.29, 1.82) is 0 Å². The van der Waals surface area contributed by atoms with E-state index in [9.17, 15) is 0 Å². The number of nitrogens with zero attached hydrogens (tertiary/aromatic N) is 2. The van der Waals surface area contributed by atoms with Gasteiger partial charge in [-0.25, -0.2) is 0 Å². The number of hydrogen-bond acceptors (Lipinski definition) is 1. The van der Waals surface area contributed by atoms with E-state index in [1.165, 1.54) is 5.56 Å². The van der Waals surface area contributed by atoms with Crippen molar-refractivity contribution in [1.82, 2.24) is 9.78 Å². The molecule has 3 heteroatoms. The summed E-state index contributed by atoms with van der Waals surface area (Å²) < 4.78 is 1.92. The van der Waals surface area contributed by atoms with Crippen LogP contribution in [-0.2, 0) is 13.0 Å². The summed E-state index contributed by atoms with van der Waals surface area (Å²) in [5, 5.41) is 4.97. The molecule has 16 heavy (non-hydrogen) atoms. The maximum Gasteiger partial charge on any atom is 0.0821 e. The molecule has 2 nitrogen and oxygen atoms in total. The molecular weight excluding hydrogens is 220 g/mol. The molecular formula is C13H13ClN2. The molecule has 0 atom stereocenters. The molecule has 0 saturated heterocycles. The highest BCUT2D eigenvalue weighted by Gasteiger charge is 2.07. The van der Waals surface area contributed by atoms with Crippen LogP contribution < -0.4 is 0 Å². The number of hydrogen-bond donors (Lipinski definition) is 0. The van der Waals surface area contributed by atoms with Crippen LogP contribution in [0.1, 0.15) is 11.3 Å². The molecule has 0 aliphatic heterocycles. The third kappa shape index (κ3) is 2.34. The summed E-state index contributed by atoms with van der Waals surface area (Å²) in [6, 6.07) is 10.2. The van der Waals surface area contributed by atoms with Crippen molar-refractivity contribution in [3.05, 3.63) is 65.5 Å². The van der Waals surface area contributed by atoms with E-state index in [2.05, 4.69) is 23.8 Å². The Labute approximate surface area is 100 Å². The summed E-state index contributed by atoms with van der Waals surface area (Å²) in [4.78, 5) is 0. The van der Waals surface area contributed by atoms with Crippen LogP contribution in [0.4, 0.5) is 0 Å².